The zero-order valence-electron chi connectivity index (χ0n) is 17.8. The summed E-state index contributed by atoms with van der Waals surface area (Å²) in [5.74, 6) is 0.956. The van der Waals surface area contributed by atoms with Gasteiger partial charge in [0.2, 0.25) is 0 Å². The van der Waals surface area contributed by atoms with Crippen LogP contribution in [0.1, 0.15) is 45.4 Å². The number of carbonyl (C=O) groups is 1. The minimum absolute atomic E-state index is 0.0816. The van der Waals surface area contributed by atoms with Crippen LogP contribution in [0.2, 0.25) is 0 Å². The number of aromatic nitrogens is 2. The Hall–Kier alpha value is -3.13. The second-order valence-electron chi connectivity index (χ2n) is 8.83. The van der Waals surface area contributed by atoms with Gasteiger partial charge >= 0.3 is 0 Å². The van der Waals surface area contributed by atoms with Gasteiger partial charge in [-0.05, 0) is 38.4 Å². The molecule has 8 heteroatoms. The fourth-order valence-electron chi connectivity index (χ4n) is 4.95. The molecule has 0 aromatic carbocycles. The molecule has 2 atom stereocenters. The van der Waals surface area contributed by atoms with Crippen LogP contribution in [-0.4, -0.2) is 45.6 Å². The highest BCUT2D eigenvalue weighted by Gasteiger charge is 2.37. The molecule has 2 aliphatic heterocycles. The van der Waals surface area contributed by atoms with Gasteiger partial charge in [-0.15, -0.1) is 0 Å². The predicted molar refractivity (Wildman–Crippen MR) is 113 cm³/mol. The van der Waals surface area contributed by atoms with Gasteiger partial charge in [0.05, 0.1) is 12.5 Å². The van der Waals surface area contributed by atoms with E-state index in [0.29, 0.717) is 37.6 Å². The lowest BCUT2D eigenvalue weighted by Gasteiger charge is -2.42. The summed E-state index contributed by atoms with van der Waals surface area (Å²) in [5.41, 5.74) is 3.34. The summed E-state index contributed by atoms with van der Waals surface area (Å²) in [5, 5.41) is 3.88. The normalized spacial score (nSPS) is 20.2. The number of fused-ring (bicyclic) bond motifs is 4. The van der Waals surface area contributed by atoms with Gasteiger partial charge in [-0.3, -0.25) is 14.5 Å². The van der Waals surface area contributed by atoms with Crippen LogP contribution in [-0.2, 0) is 19.6 Å². The number of rotatable bonds is 5. The Morgan fingerprint density at radius 1 is 1.23 bits per heavy atom. The lowest BCUT2D eigenvalue weighted by Crippen LogP contribution is -2.49. The third kappa shape index (κ3) is 3.83. The molecule has 31 heavy (non-hydrogen) atoms. The van der Waals surface area contributed by atoms with Crippen LogP contribution in [0, 0.1) is 12.8 Å². The molecular weight excluding hydrogens is 396 g/mol. The van der Waals surface area contributed by atoms with Crippen LogP contribution < -0.4 is 5.56 Å². The van der Waals surface area contributed by atoms with Crippen LogP contribution in [0.5, 0.6) is 0 Å². The topological polar surface area (TPSA) is 84.7 Å². The van der Waals surface area contributed by atoms with E-state index in [1.165, 1.54) is 0 Å². The third-order valence-electron chi connectivity index (χ3n) is 6.29. The van der Waals surface area contributed by atoms with Gasteiger partial charge in [0.15, 0.2) is 5.69 Å². The number of nitrogens with zero attached hydrogens (tertiary/aromatic N) is 4. The minimum atomic E-state index is -0.0974. The van der Waals surface area contributed by atoms with E-state index in [0.717, 1.165) is 29.8 Å². The molecule has 0 aliphatic carbocycles. The Labute approximate surface area is 180 Å². The highest BCUT2D eigenvalue weighted by Crippen LogP contribution is 2.35. The first-order chi connectivity index (χ1) is 15.0. The summed E-state index contributed by atoms with van der Waals surface area (Å²) < 4.78 is 12.1. The first kappa shape index (κ1) is 19.8. The van der Waals surface area contributed by atoms with E-state index >= 15 is 0 Å². The van der Waals surface area contributed by atoms with Crippen LogP contribution in [0.25, 0.3) is 0 Å². The van der Waals surface area contributed by atoms with Crippen molar-refractivity contribution in [3.8, 4) is 0 Å². The summed E-state index contributed by atoms with van der Waals surface area (Å²) >= 11 is 0. The summed E-state index contributed by atoms with van der Waals surface area (Å²) in [7, 11) is 2.00. The summed E-state index contributed by atoms with van der Waals surface area (Å²) in [6.07, 6.45) is 4.39. The average molecular weight is 422 g/mol. The standard InChI is InChI=1S/C23H26N4O4/c1-15-7-20(24-31-15)23(29)26-10-17-8-19(13-26)21-4-3-18(22(28)27(21)11-17)12-25(2)9-16-5-6-30-14-16/h3-7,14,17,19H,8-13H2,1-2H3/t17-,19+/m0/s1. The van der Waals surface area contributed by atoms with E-state index in [-0.39, 0.29) is 23.3 Å². The second-order valence-corrected chi connectivity index (χ2v) is 8.83. The van der Waals surface area contributed by atoms with Crippen LogP contribution in [0.4, 0.5) is 0 Å². The highest BCUT2D eigenvalue weighted by molar-refractivity contribution is 5.92. The molecule has 0 radical (unpaired) electrons. The molecule has 0 unspecified atom stereocenters. The van der Waals surface area contributed by atoms with E-state index in [1.54, 1.807) is 25.5 Å². The molecular formula is C23H26N4O4. The lowest BCUT2D eigenvalue weighted by molar-refractivity contribution is 0.0584. The number of pyridine rings is 1. The predicted octanol–water partition coefficient (Wildman–Crippen LogP) is 2.63. The van der Waals surface area contributed by atoms with E-state index in [1.807, 2.05) is 28.6 Å². The number of hydrogen-bond donors (Lipinski definition) is 0. The number of amides is 1. The molecule has 0 N–H and O–H groups in total. The summed E-state index contributed by atoms with van der Waals surface area (Å²) in [6.45, 7) is 4.96. The van der Waals surface area contributed by atoms with Crippen molar-refractivity contribution < 1.29 is 13.7 Å². The number of likely N-dealkylation sites (tertiary alicyclic amines) is 1. The minimum Gasteiger partial charge on any atom is -0.472 e. The molecule has 1 amide bonds. The maximum atomic E-state index is 13.2. The molecule has 1 fully saturated rings. The van der Waals surface area contributed by atoms with Crippen molar-refractivity contribution in [2.24, 2.45) is 5.92 Å². The Kier molecular flexibility index (Phi) is 5.02. The second kappa shape index (κ2) is 7.85. The lowest BCUT2D eigenvalue weighted by atomic mass is 9.83. The Balaban J connectivity index is 1.34. The van der Waals surface area contributed by atoms with Crippen molar-refractivity contribution >= 4 is 5.91 Å². The van der Waals surface area contributed by atoms with Crippen molar-refractivity contribution in [1.82, 2.24) is 19.5 Å². The Morgan fingerprint density at radius 3 is 2.84 bits per heavy atom. The Morgan fingerprint density at radius 2 is 2.10 bits per heavy atom. The SMILES string of the molecule is Cc1cc(C(=O)N2C[C@@H]3C[C@H](C2)c2ccc(CN(C)Cc4ccoc4)c(=O)n2C3)no1. The third-order valence-corrected chi connectivity index (χ3v) is 6.29. The fraction of sp³-hybridized carbons (Fsp3) is 0.435. The summed E-state index contributed by atoms with van der Waals surface area (Å²) in [6, 6.07) is 7.63. The van der Waals surface area contributed by atoms with Gasteiger partial charge < -0.3 is 18.4 Å². The van der Waals surface area contributed by atoms with Gasteiger partial charge in [0, 0.05) is 61.5 Å². The summed E-state index contributed by atoms with van der Waals surface area (Å²) in [4.78, 5) is 30.1. The highest BCUT2D eigenvalue weighted by atomic mass is 16.5. The van der Waals surface area contributed by atoms with Crippen molar-refractivity contribution in [2.45, 2.75) is 38.9 Å². The molecule has 3 aromatic heterocycles. The smallest absolute Gasteiger partial charge is 0.276 e. The maximum Gasteiger partial charge on any atom is 0.276 e. The first-order valence-electron chi connectivity index (χ1n) is 10.6. The number of furan rings is 1. The Bertz CT molecular complexity index is 1150. The van der Waals surface area contributed by atoms with E-state index in [4.69, 9.17) is 8.94 Å². The van der Waals surface area contributed by atoms with E-state index in [2.05, 4.69) is 16.1 Å². The molecule has 8 nitrogen and oxygen atoms in total. The zero-order chi connectivity index (χ0) is 21.5. The quantitative estimate of drug-likeness (QED) is 0.629. The van der Waals surface area contributed by atoms with E-state index in [9.17, 15) is 9.59 Å². The zero-order valence-corrected chi connectivity index (χ0v) is 17.8. The maximum absolute atomic E-state index is 13.2. The molecule has 1 saturated heterocycles. The molecule has 162 valence electrons. The molecule has 2 aliphatic rings. The van der Waals surface area contributed by atoms with E-state index < -0.39 is 0 Å². The number of aryl methyl sites for hydroxylation is 1. The number of carbonyl (C=O) groups excluding carboxylic acids is 1. The molecule has 3 aromatic rings. The molecule has 0 spiro atoms. The first-order valence-corrected chi connectivity index (χ1v) is 10.6. The molecule has 5 heterocycles. The van der Waals surface area contributed by atoms with Crippen molar-refractivity contribution in [2.75, 3.05) is 20.1 Å². The van der Waals surface area contributed by atoms with Crippen LogP contribution in [0.15, 0.2) is 50.5 Å². The molecule has 5 rings (SSSR count). The van der Waals surface area contributed by atoms with Gasteiger partial charge in [-0.25, -0.2) is 0 Å². The van der Waals surface area contributed by atoms with Gasteiger partial charge in [0.1, 0.15) is 5.76 Å². The van der Waals surface area contributed by atoms with Gasteiger partial charge in [-0.1, -0.05) is 11.2 Å². The van der Waals surface area contributed by atoms with Crippen molar-refractivity contribution in [3.05, 3.63) is 75.4 Å². The van der Waals surface area contributed by atoms with Crippen LogP contribution in [0.3, 0.4) is 0 Å². The average Bonchev–Trinajstić information content (AvgIpc) is 3.41. The van der Waals surface area contributed by atoms with Gasteiger partial charge in [0.25, 0.3) is 11.5 Å². The van der Waals surface area contributed by atoms with Crippen molar-refractivity contribution in [3.63, 3.8) is 0 Å². The van der Waals surface area contributed by atoms with Gasteiger partial charge in [-0.2, -0.15) is 0 Å². The molecule has 0 saturated carbocycles. The molecule has 2 bridgehead atoms. The number of hydrogen-bond acceptors (Lipinski definition) is 6. The van der Waals surface area contributed by atoms with Crippen molar-refractivity contribution in [1.29, 1.82) is 0 Å². The largest absolute Gasteiger partial charge is 0.472 e. The monoisotopic (exact) mass is 422 g/mol. The van der Waals surface area contributed by atoms with Crippen LogP contribution >= 0.6 is 0 Å². The fourth-order valence-corrected chi connectivity index (χ4v) is 4.95. The number of piperidine rings is 1.